The summed E-state index contributed by atoms with van der Waals surface area (Å²) < 4.78 is 27.9. The number of nitrogens with one attached hydrogen (secondary N) is 3. The van der Waals surface area contributed by atoms with Crippen molar-refractivity contribution < 1.29 is 13.6 Å². The van der Waals surface area contributed by atoms with E-state index >= 15 is 0 Å². The highest BCUT2D eigenvalue weighted by Crippen LogP contribution is 2.35. The van der Waals surface area contributed by atoms with Crippen molar-refractivity contribution >= 4 is 45.1 Å². The molecule has 0 saturated heterocycles. The summed E-state index contributed by atoms with van der Waals surface area (Å²) >= 11 is 3.17. The Bertz CT molecular complexity index is 815. The number of amides is 1. The van der Waals surface area contributed by atoms with Crippen LogP contribution in [-0.2, 0) is 4.79 Å². The van der Waals surface area contributed by atoms with E-state index < -0.39 is 11.2 Å². The number of hydrogen-bond donors (Lipinski definition) is 3. The van der Waals surface area contributed by atoms with E-state index in [4.69, 9.17) is 5.41 Å². The van der Waals surface area contributed by atoms with Crippen LogP contribution in [0.4, 0.5) is 25.8 Å². The molecule has 0 aliphatic rings. The summed E-state index contributed by atoms with van der Waals surface area (Å²) in [6.07, 6.45) is 0.962. The minimum absolute atomic E-state index is 0.0635. The number of halogens is 3. The van der Waals surface area contributed by atoms with Crippen molar-refractivity contribution in [1.29, 1.82) is 5.41 Å². The lowest BCUT2D eigenvalue weighted by molar-refractivity contribution is -0.123. The molecule has 2 aromatic carbocycles. The first kappa shape index (κ1) is 19.1. The first-order valence-corrected chi connectivity index (χ1v) is 8.29. The quantitative estimate of drug-likeness (QED) is 0.587. The molecule has 3 N–H and O–H groups in total. The molecule has 132 valence electrons. The van der Waals surface area contributed by atoms with Gasteiger partial charge in [0.1, 0.15) is 5.82 Å². The monoisotopic (exact) mass is 409 g/mol. The van der Waals surface area contributed by atoms with Crippen LogP contribution in [0.15, 0.2) is 34.8 Å². The van der Waals surface area contributed by atoms with E-state index in [9.17, 15) is 13.6 Å². The number of anilines is 3. The molecule has 0 saturated carbocycles. The van der Waals surface area contributed by atoms with E-state index in [1.54, 1.807) is 20.8 Å². The molecule has 0 bridgehead atoms. The number of carbonyl (C=O) groups excluding carboxylic acids is 1. The maximum Gasteiger partial charge on any atom is 0.229 e. The fraction of sp³-hybridized carbons (Fsp3) is 0.222. The van der Waals surface area contributed by atoms with Crippen LogP contribution in [0.2, 0.25) is 0 Å². The first-order valence-electron chi connectivity index (χ1n) is 7.50. The fourth-order valence-electron chi connectivity index (χ4n) is 1.97. The van der Waals surface area contributed by atoms with E-state index in [0.29, 0.717) is 11.4 Å². The molecule has 2 rings (SSSR count). The molecule has 0 heterocycles. The van der Waals surface area contributed by atoms with Crippen molar-refractivity contribution in [2.45, 2.75) is 20.8 Å². The Kier molecular flexibility index (Phi) is 5.57. The smallest absolute Gasteiger partial charge is 0.229 e. The van der Waals surface area contributed by atoms with Crippen molar-refractivity contribution in [3.63, 3.8) is 0 Å². The second-order valence-corrected chi connectivity index (χ2v) is 7.29. The zero-order valence-corrected chi connectivity index (χ0v) is 15.6. The number of carbonyl (C=O) groups is 1. The zero-order chi connectivity index (χ0) is 18.8. The maximum absolute atomic E-state index is 14.8. The predicted octanol–water partition coefficient (Wildman–Crippen LogP) is 5.45. The second kappa shape index (κ2) is 7.31. The summed E-state index contributed by atoms with van der Waals surface area (Å²) in [6.45, 7) is 5.14. The third-order valence-electron chi connectivity index (χ3n) is 3.44. The summed E-state index contributed by atoms with van der Waals surface area (Å²) in [4.78, 5) is 12.2. The van der Waals surface area contributed by atoms with Gasteiger partial charge >= 0.3 is 0 Å². The third kappa shape index (κ3) is 4.42. The van der Waals surface area contributed by atoms with Crippen LogP contribution >= 0.6 is 15.9 Å². The molecule has 7 heteroatoms. The van der Waals surface area contributed by atoms with Crippen LogP contribution in [0.3, 0.4) is 0 Å². The van der Waals surface area contributed by atoms with E-state index in [-0.39, 0.29) is 27.4 Å². The number of hydrogen-bond acceptors (Lipinski definition) is 3. The third-order valence-corrected chi connectivity index (χ3v) is 4.21. The molecule has 1 amide bonds. The second-order valence-electron chi connectivity index (χ2n) is 6.50. The largest absolute Gasteiger partial charge is 0.354 e. The van der Waals surface area contributed by atoms with Crippen LogP contribution in [0.25, 0.3) is 0 Å². The molecule has 0 atom stereocenters. The minimum atomic E-state index is -0.705. The van der Waals surface area contributed by atoms with Crippen molar-refractivity contribution in [2.24, 2.45) is 5.41 Å². The molecule has 0 radical (unpaired) electrons. The highest BCUT2D eigenvalue weighted by molar-refractivity contribution is 9.10. The van der Waals surface area contributed by atoms with Gasteiger partial charge in [0, 0.05) is 22.9 Å². The van der Waals surface area contributed by atoms with Gasteiger partial charge in [-0.1, -0.05) is 20.8 Å². The van der Waals surface area contributed by atoms with Gasteiger partial charge in [-0.2, -0.15) is 0 Å². The van der Waals surface area contributed by atoms with Gasteiger partial charge in [0.2, 0.25) is 5.91 Å². The Balaban J connectivity index is 2.42. The van der Waals surface area contributed by atoms with Gasteiger partial charge in [0.15, 0.2) is 5.82 Å². The minimum Gasteiger partial charge on any atom is -0.354 e. The van der Waals surface area contributed by atoms with Gasteiger partial charge in [-0.15, -0.1) is 0 Å². The van der Waals surface area contributed by atoms with E-state index in [1.165, 1.54) is 30.3 Å². The van der Waals surface area contributed by atoms with Crippen molar-refractivity contribution in [3.8, 4) is 0 Å². The Morgan fingerprint density at radius 1 is 1.20 bits per heavy atom. The van der Waals surface area contributed by atoms with E-state index in [2.05, 4.69) is 26.6 Å². The molecule has 0 aliphatic heterocycles. The summed E-state index contributed by atoms with van der Waals surface area (Å²) in [7, 11) is 0. The molecule has 4 nitrogen and oxygen atoms in total. The van der Waals surface area contributed by atoms with Gasteiger partial charge in [0.25, 0.3) is 0 Å². The summed E-state index contributed by atoms with van der Waals surface area (Å²) in [5.41, 5.74) is 0.359. The standard InChI is InChI=1S/C18H18BrF2N3O/c1-18(2,3)17(25)24-16-10(9-22)8-13(14(19)15(16)21)23-12-6-4-11(20)5-7-12/h4-9,22-23H,1-3H3,(H,24,25). The Morgan fingerprint density at radius 3 is 2.32 bits per heavy atom. The van der Waals surface area contributed by atoms with Crippen LogP contribution in [-0.4, -0.2) is 12.1 Å². The van der Waals surface area contributed by atoms with Crippen LogP contribution in [0.5, 0.6) is 0 Å². The summed E-state index contributed by atoms with van der Waals surface area (Å²) in [6, 6.07) is 7.12. The van der Waals surface area contributed by atoms with Gasteiger partial charge in [-0.3, -0.25) is 4.79 Å². The molecule has 25 heavy (non-hydrogen) atoms. The SMILES string of the molecule is CC(C)(C)C(=O)Nc1c(C=N)cc(Nc2ccc(F)cc2)c(Br)c1F. The lowest BCUT2D eigenvalue weighted by atomic mass is 9.95. The topological polar surface area (TPSA) is 65.0 Å². The zero-order valence-electron chi connectivity index (χ0n) is 14.0. The van der Waals surface area contributed by atoms with Crippen LogP contribution in [0, 0.1) is 22.5 Å². The summed E-state index contributed by atoms with van der Waals surface area (Å²) in [5, 5.41) is 13.0. The molecule has 0 aliphatic carbocycles. The molecule has 0 spiro atoms. The number of rotatable bonds is 4. The van der Waals surface area contributed by atoms with Crippen LogP contribution < -0.4 is 10.6 Å². The van der Waals surface area contributed by atoms with E-state index in [0.717, 1.165) is 6.21 Å². The lowest BCUT2D eigenvalue weighted by Gasteiger charge is -2.20. The van der Waals surface area contributed by atoms with E-state index in [1.807, 2.05) is 0 Å². The van der Waals surface area contributed by atoms with Gasteiger partial charge in [-0.05, 0) is 46.3 Å². The maximum atomic E-state index is 14.8. The van der Waals surface area contributed by atoms with Crippen molar-refractivity contribution in [3.05, 3.63) is 52.0 Å². The molecule has 2 aromatic rings. The fourth-order valence-corrected chi connectivity index (χ4v) is 2.38. The number of benzene rings is 2. The highest BCUT2D eigenvalue weighted by Gasteiger charge is 2.25. The lowest BCUT2D eigenvalue weighted by Crippen LogP contribution is -2.28. The Morgan fingerprint density at radius 2 is 1.80 bits per heavy atom. The average Bonchev–Trinajstić information content (AvgIpc) is 2.55. The summed E-state index contributed by atoms with van der Waals surface area (Å²) in [5.74, 6) is -1.43. The van der Waals surface area contributed by atoms with Crippen LogP contribution in [0.1, 0.15) is 26.3 Å². The average molecular weight is 410 g/mol. The van der Waals surface area contributed by atoms with Crippen molar-refractivity contribution in [1.82, 2.24) is 0 Å². The first-order chi connectivity index (χ1) is 11.6. The molecular weight excluding hydrogens is 392 g/mol. The molecule has 0 fully saturated rings. The Labute approximate surface area is 153 Å². The van der Waals surface area contributed by atoms with Gasteiger partial charge in [0.05, 0.1) is 15.8 Å². The molecule has 0 aromatic heterocycles. The van der Waals surface area contributed by atoms with Crippen molar-refractivity contribution in [2.75, 3.05) is 10.6 Å². The Hall–Kier alpha value is -2.28. The molecular formula is C18H18BrF2N3O. The molecule has 0 unspecified atom stereocenters. The normalized spacial score (nSPS) is 11.1. The van der Waals surface area contributed by atoms with Gasteiger partial charge in [-0.25, -0.2) is 8.78 Å². The predicted molar refractivity (Wildman–Crippen MR) is 99.8 cm³/mol. The van der Waals surface area contributed by atoms with Gasteiger partial charge < -0.3 is 16.0 Å². The highest BCUT2D eigenvalue weighted by atomic mass is 79.9.